The topological polar surface area (TPSA) is 73.8 Å². The zero-order valence-corrected chi connectivity index (χ0v) is 14.8. The van der Waals surface area contributed by atoms with Gasteiger partial charge in [-0.25, -0.2) is 9.67 Å². The van der Waals surface area contributed by atoms with E-state index in [9.17, 15) is 9.18 Å². The van der Waals surface area contributed by atoms with Gasteiger partial charge >= 0.3 is 0 Å². The quantitative estimate of drug-likeness (QED) is 0.547. The number of hydrogen-bond donors (Lipinski definition) is 1. The highest BCUT2D eigenvalue weighted by Gasteiger charge is 2.16. The van der Waals surface area contributed by atoms with E-state index in [4.69, 9.17) is 17.3 Å². The standard InChI is InChI=1S/C20H14ClFN4O/c21-13-7-5-12(6-8-13)11-26-20(27)15-4-2-1-3-14(15)18(25-26)16-9-10-17(23)24-19(16)22/h1-10H,11H2,(H2,23,24). The fraction of sp³-hybridized carbons (Fsp3) is 0.0500. The van der Waals surface area contributed by atoms with Gasteiger partial charge in [0.2, 0.25) is 5.95 Å². The molecular weight excluding hydrogens is 367 g/mol. The Kier molecular flexibility index (Phi) is 4.33. The van der Waals surface area contributed by atoms with Crippen LogP contribution in [0.25, 0.3) is 22.0 Å². The van der Waals surface area contributed by atoms with Crippen LogP contribution in [0.1, 0.15) is 5.56 Å². The van der Waals surface area contributed by atoms with Crippen molar-refractivity contribution >= 4 is 28.2 Å². The number of nitrogens with zero attached hydrogens (tertiary/aromatic N) is 3. The van der Waals surface area contributed by atoms with E-state index >= 15 is 0 Å². The second-order valence-corrected chi connectivity index (χ2v) is 6.49. The van der Waals surface area contributed by atoms with Crippen LogP contribution < -0.4 is 11.3 Å². The third-order valence-corrected chi connectivity index (χ3v) is 4.49. The zero-order chi connectivity index (χ0) is 19.0. The molecule has 0 unspecified atom stereocenters. The van der Waals surface area contributed by atoms with Crippen molar-refractivity contribution in [3.63, 3.8) is 0 Å². The lowest BCUT2D eigenvalue weighted by molar-refractivity contribution is 0.586. The maximum absolute atomic E-state index is 14.4. The van der Waals surface area contributed by atoms with Gasteiger partial charge in [-0.15, -0.1) is 0 Å². The Morgan fingerprint density at radius 3 is 2.41 bits per heavy atom. The Balaban J connectivity index is 1.94. The molecule has 0 radical (unpaired) electrons. The number of benzene rings is 2. The lowest BCUT2D eigenvalue weighted by Gasteiger charge is -2.12. The van der Waals surface area contributed by atoms with Gasteiger partial charge in [0.15, 0.2) is 0 Å². The summed E-state index contributed by atoms with van der Waals surface area (Å²) >= 11 is 5.92. The van der Waals surface area contributed by atoms with Crippen molar-refractivity contribution < 1.29 is 4.39 Å². The van der Waals surface area contributed by atoms with Gasteiger partial charge in [-0.05, 0) is 35.9 Å². The lowest BCUT2D eigenvalue weighted by Crippen LogP contribution is -2.24. The molecule has 4 aromatic rings. The number of fused-ring (bicyclic) bond motifs is 1. The van der Waals surface area contributed by atoms with Gasteiger partial charge in [0.1, 0.15) is 11.5 Å². The van der Waals surface area contributed by atoms with E-state index in [2.05, 4.69) is 10.1 Å². The molecule has 0 aliphatic rings. The van der Waals surface area contributed by atoms with Crippen LogP contribution in [-0.4, -0.2) is 14.8 Å². The minimum absolute atomic E-state index is 0.0787. The maximum atomic E-state index is 14.4. The summed E-state index contributed by atoms with van der Waals surface area (Å²) in [5.74, 6) is -0.653. The highest BCUT2D eigenvalue weighted by molar-refractivity contribution is 6.30. The number of pyridine rings is 1. The summed E-state index contributed by atoms with van der Waals surface area (Å²) in [6, 6.07) is 17.1. The fourth-order valence-electron chi connectivity index (χ4n) is 2.93. The molecule has 0 saturated heterocycles. The Bertz CT molecular complexity index is 1200. The molecule has 4 rings (SSSR count). The summed E-state index contributed by atoms with van der Waals surface area (Å²) in [6.45, 7) is 0.234. The molecule has 2 N–H and O–H groups in total. The van der Waals surface area contributed by atoms with Crippen LogP contribution in [0, 0.1) is 5.95 Å². The monoisotopic (exact) mass is 380 g/mol. The average molecular weight is 381 g/mol. The van der Waals surface area contributed by atoms with E-state index in [1.807, 2.05) is 12.1 Å². The second-order valence-electron chi connectivity index (χ2n) is 6.06. The molecule has 27 heavy (non-hydrogen) atoms. The van der Waals surface area contributed by atoms with Crippen molar-refractivity contribution in [3.8, 4) is 11.3 Å². The summed E-state index contributed by atoms with van der Waals surface area (Å²) in [4.78, 5) is 16.5. The molecule has 0 bridgehead atoms. The molecule has 134 valence electrons. The molecule has 7 heteroatoms. The van der Waals surface area contributed by atoms with Crippen molar-refractivity contribution in [3.05, 3.63) is 87.6 Å². The maximum Gasteiger partial charge on any atom is 0.274 e. The summed E-state index contributed by atoms with van der Waals surface area (Å²) in [5, 5.41) is 6.04. The summed E-state index contributed by atoms with van der Waals surface area (Å²) in [7, 11) is 0. The van der Waals surface area contributed by atoms with Crippen LogP contribution in [0.4, 0.5) is 10.2 Å². The van der Waals surface area contributed by atoms with Gasteiger partial charge < -0.3 is 5.73 Å². The largest absolute Gasteiger partial charge is 0.384 e. The summed E-state index contributed by atoms with van der Waals surface area (Å²) < 4.78 is 15.8. The van der Waals surface area contributed by atoms with E-state index in [0.29, 0.717) is 21.5 Å². The number of hydrogen-bond acceptors (Lipinski definition) is 4. The van der Waals surface area contributed by atoms with Crippen molar-refractivity contribution in [2.45, 2.75) is 6.54 Å². The van der Waals surface area contributed by atoms with Crippen LogP contribution in [0.3, 0.4) is 0 Å². The van der Waals surface area contributed by atoms with E-state index in [0.717, 1.165) is 5.56 Å². The highest BCUT2D eigenvalue weighted by Crippen LogP contribution is 2.27. The molecule has 2 aromatic carbocycles. The summed E-state index contributed by atoms with van der Waals surface area (Å²) in [6.07, 6.45) is 0. The van der Waals surface area contributed by atoms with E-state index in [1.54, 1.807) is 36.4 Å². The molecule has 0 saturated carbocycles. The molecule has 0 amide bonds. The molecule has 5 nitrogen and oxygen atoms in total. The predicted molar refractivity (Wildman–Crippen MR) is 104 cm³/mol. The van der Waals surface area contributed by atoms with E-state index < -0.39 is 5.95 Å². The minimum atomic E-state index is -0.732. The van der Waals surface area contributed by atoms with Crippen molar-refractivity contribution in [1.29, 1.82) is 0 Å². The first-order chi connectivity index (χ1) is 13.0. The number of aromatic nitrogens is 3. The van der Waals surface area contributed by atoms with Crippen molar-refractivity contribution in [1.82, 2.24) is 14.8 Å². The minimum Gasteiger partial charge on any atom is -0.384 e. The molecule has 0 atom stereocenters. The first-order valence-corrected chi connectivity index (χ1v) is 8.57. The second kappa shape index (κ2) is 6.81. The van der Waals surface area contributed by atoms with Gasteiger partial charge in [0.05, 0.1) is 17.5 Å². The molecule has 2 heterocycles. The number of anilines is 1. The summed E-state index contributed by atoms with van der Waals surface area (Å²) in [5.41, 5.74) is 6.67. The normalized spacial score (nSPS) is 11.0. The van der Waals surface area contributed by atoms with Crippen LogP contribution in [0.2, 0.25) is 5.02 Å². The SMILES string of the molecule is Nc1ccc(-c2nn(Cc3ccc(Cl)cc3)c(=O)c3ccccc23)c(F)n1. The Morgan fingerprint density at radius 2 is 1.70 bits per heavy atom. The van der Waals surface area contributed by atoms with Crippen LogP contribution in [-0.2, 0) is 6.54 Å². The third kappa shape index (κ3) is 3.27. The van der Waals surface area contributed by atoms with Crippen LogP contribution in [0.15, 0.2) is 65.5 Å². The van der Waals surface area contributed by atoms with Crippen LogP contribution >= 0.6 is 11.6 Å². The van der Waals surface area contributed by atoms with Gasteiger partial charge in [-0.1, -0.05) is 41.9 Å². The number of nitrogens with two attached hydrogens (primary N) is 1. The zero-order valence-electron chi connectivity index (χ0n) is 14.1. The molecule has 0 aliphatic carbocycles. The van der Waals surface area contributed by atoms with Crippen molar-refractivity contribution in [2.75, 3.05) is 5.73 Å². The smallest absolute Gasteiger partial charge is 0.274 e. The molecule has 2 aromatic heterocycles. The van der Waals surface area contributed by atoms with Gasteiger partial charge in [-0.3, -0.25) is 4.79 Å². The van der Waals surface area contributed by atoms with Gasteiger partial charge in [-0.2, -0.15) is 9.49 Å². The molecule has 0 aliphatic heterocycles. The van der Waals surface area contributed by atoms with Gasteiger partial charge in [0, 0.05) is 10.4 Å². The predicted octanol–water partition coefficient (Wildman–Crippen LogP) is 3.88. The number of rotatable bonds is 3. The number of halogens is 2. The highest BCUT2D eigenvalue weighted by atomic mass is 35.5. The Labute approximate surface area is 158 Å². The lowest BCUT2D eigenvalue weighted by atomic mass is 10.1. The van der Waals surface area contributed by atoms with E-state index in [1.165, 1.54) is 16.8 Å². The first-order valence-electron chi connectivity index (χ1n) is 8.19. The molecular formula is C20H14ClFN4O. The average Bonchev–Trinajstić information content (AvgIpc) is 2.66. The third-order valence-electron chi connectivity index (χ3n) is 4.24. The molecule has 0 spiro atoms. The van der Waals surface area contributed by atoms with Crippen molar-refractivity contribution in [2.24, 2.45) is 0 Å². The van der Waals surface area contributed by atoms with E-state index in [-0.39, 0.29) is 23.5 Å². The molecule has 0 fully saturated rings. The first kappa shape index (κ1) is 17.2. The van der Waals surface area contributed by atoms with Crippen LogP contribution in [0.5, 0.6) is 0 Å². The van der Waals surface area contributed by atoms with Gasteiger partial charge in [0.25, 0.3) is 5.56 Å². The number of nitrogen functional groups attached to an aromatic ring is 1. The Hall–Kier alpha value is -3.25. The fourth-order valence-corrected chi connectivity index (χ4v) is 3.05. The Morgan fingerprint density at radius 1 is 1.00 bits per heavy atom.